The lowest BCUT2D eigenvalue weighted by Crippen LogP contribution is -2.38. The van der Waals surface area contributed by atoms with Crippen LogP contribution in [0, 0.1) is 5.82 Å². The van der Waals surface area contributed by atoms with Crippen molar-refractivity contribution in [2.24, 2.45) is 0 Å². The Morgan fingerprint density at radius 3 is 2.35 bits per heavy atom. The minimum atomic E-state index is -4.49. The van der Waals surface area contributed by atoms with Crippen molar-refractivity contribution in [2.45, 2.75) is 25.6 Å². The Morgan fingerprint density at radius 1 is 1.13 bits per heavy atom. The Labute approximate surface area is 130 Å². The highest BCUT2D eigenvalue weighted by atomic mass is 19.4. The van der Waals surface area contributed by atoms with E-state index in [4.69, 9.17) is 4.74 Å². The van der Waals surface area contributed by atoms with Gasteiger partial charge >= 0.3 is 12.2 Å². The van der Waals surface area contributed by atoms with Gasteiger partial charge in [-0.2, -0.15) is 13.2 Å². The molecule has 0 aliphatic heterocycles. The van der Waals surface area contributed by atoms with Crippen molar-refractivity contribution in [3.05, 3.63) is 48.0 Å². The van der Waals surface area contributed by atoms with Crippen LogP contribution in [0.25, 0.3) is 0 Å². The van der Waals surface area contributed by atoms with Crippen LogP contribution in [0.3, 0.4) is 0 Å². The fraction of sp³-hybridized carbons (Fsp3) is 0.333. The minimum absolute atomic E-state index is 0.0783. The second kappa shape index (κ2) is 6.39. The van der Waals surface area contributed by atoms with Gasteiger partial charge in [-0.05, 0) is 32.0 Å². The second-order valence-corrected chi connectivity index (χ2v) is 5.56. The number of nitrogens with one attached hydrogen (secondary N) is 1. The maximum atomic E-state index is 13.1. The Hall–Kier alpha value is -2.38. The highest BCUT2D eigenvalue weighted by molar-refractivity contribution is 5.45. The van der Waals surface area contributed by atoms with Gasteiger partial charge in [0.25, 0.3) is 0 Å². The van der Waals surface area contributed by atoms with Crippen LogP contribution < -0.4 is 10.1 Å². The van der Waals surface area contributed by atoms with Gasteiger partial charge in [0.1, 0.15) is 12.4 Å². The lowest BCUT2D eigenvalue weighted by atomic mass is 10.1. The average molecular weight is 329 g/mol. The van der Waals surface area contributed by atoms with E-state index in [1.807, 2.05) is 0 Å². The molecule has 0 bridgehead atoms. The molecular weight excluding hydrogens is 314 g/mol. The summed E-state index contributed by atoms with van der Waals surface area (Å²) >= 11 is 0. The largest absolute Gasteiger partial charge is 0.461 e. The number of aromatic nitrogens is 2. The first kappa shape index (κ1) is 17.0. The van der Waals surface area contributed by atoms with Gasteiger partial charge in [-0.15, -0.1) is 0 Å². The molecule has 2 rings (SSSR count). The molecule has 0 spiro atoms. The van der Waals surface area contributed by atoms with Crippen molar-refractivity contribution in [1.29, 1.82) is 0 Å². The average Bonchev–Trinajstić information content (AvgIpc) is 2.44. The number of benzene rings is 1. The summed E-state index contributed by atoms with van der Waals surface area (Å²) in [7, 11) is 0. The first-order valence-electron chi connectivity index (χ1n) is 6.71. The predicted molar refractivity (Wildman–Crippen MR) is 76.6 cm³/mol. The molecular formula is C15H15F4N3O. The normalized spacial score (nSPS) is 12.1. The van der Waals surface area contributed by atoms with Crippen LogP contribution in [0.15, 0.2) is 36.7 Å². The Balaban J connectivity index is 1.96. The lowest BCUT2D eigenvalue weighted by molar-refractivity contribution is -0.138. The van der Waals surface area contributed by atoms with Crippen LogP contribution in [0.5, 0.6) is 6.01 Å². The first-order valence-corrected chi connectivity index (χ1v) is 6.71. The Morgan fingerprint density at radius 2 is 1.78 bits per heavy atom. The molecule has 124 valence electrons. The molecule has 1 heterocycles. The molecule has 0 aliphatic rings. The number of nitrogens with zero attached hydrogens (tertiary/aromatic N) is 2. The third kappa shape index (κ3) is 5.08. The molecule has 1 N–H and O–H groups in total. The van der Waals surface area contributed by atoms with E-state index in [1.54, 1.807) is 26.0 Å². The van der Waals surface area contributed by atoms with Gasteiger partial charge in [0.15, 0.2) is 0 Å². The topological polar surface area (TPSA) is 47.0 Å². The number of rotatable bonds is 5. The molecule has 0 saturated carbocycles. The summed E-state index contributed by atoms with van der Waals surface area (Å²) in [5, 5.41) is 3.06. The van der Waals surface area contributed by atoms with Crippen LogP contribution >= 0.6 is 0 Å². The monoisotopic (exact) mass is 329 g/mol. The van der Waals surface area contributed by atoms with Gasteiger partial charge in [-0.25, -0.2) is 14.4 Å². The third-order valence-electron chi connectivity index (χ3n) is 2.82. The molecule has 8 heteroatoms. The molecule has 0 saturated heterocycles. The second-order valence-electron chi connectivity index (χ2n) is 5.56. The number of hydrogen-bond donors (Lipinski definition) is 1. The van der Waals surface area contributed by atoms with Crippen LogP contribution in [0.2, 0.25) is 0 Å². The highest BCUT2D eigenvalue weighted by Gasteiger charge is 2.31. The maximum absolute atomic E-state index is 13.1. The maximum Gasteiger partial charge on any atom is 0.419 e. The summed E-state index contributed by atoms with van der Waals surface area (Å²) in [6, 6.07) is 5.75. The predicted octanol–water partition coefficient (Wildman–Crippen LogP) is 3.90. The molecule has 1 aromatic heterocycles. The van der Waals surface area contributed by atoms with Gasteiger partial charge in [0.2, 0.25) is 0 Å². The summed E-state index contributed by atoms with van der Waals surface area (Å²) in [5.74, 6) is -0.377. The standard InChI is InChI=1S/C15H15F4N3O/c1-14(2,22-12-5-3-4-11(16)6-12)9-23-13-20-7-10(8-21-13)15(17,18)19/h3-8,22H,9H2,1-2H3. The number of anilines is 1. The van der Waals surface area contributed by atoms with Crippen LogP contribution in [0.1, 0.15) is 19.4 Å². The van der Waals surface area contributed by atoms with Crippen molar-refractivity contribution in [1.82, 2.24) is 9.97 Å². The van der Waals surface area contributed by atoms with Crippen molar-refractivity contribution in [3.63, 3.8) is 0 Å². The molecule has 0 unspecified atom stereocenters. The summed E-state index contributed by atoms with van der Waals surface area (Å²) in [5.41, 5.74) is -0.992. The summed E-state index contributed by atoms with van der Waals surface area (Å²) in [6.45, 7) is 3.67. The first-order chi connectivity index (χ1) is 10.7. The number of halogens is 4. The minimum Gasteiger partial charge on any atom is -0.461 e. The van der Waals surface area contributed by atoms with E-state index >= 15 is 0 Å². The van der Waals surface area contributed by atoms with Crippen molar-refractivity contribution < 1.29 is 22.3 Å². The van der Waals surface area contributed by atoms with E-state index in [9.17, 15) is 17.6 Å². The molecule has 0 amide bonds. The van der Waals surface area contributed by atoms with Crippen LogP contribution in [0.4, 0.5) is 23.2 Å². The fourth-order valence-electron chi connectivity index (χ4n) is 1.78. The summed E-state index contributed by atoms with van der Waals surface area (Å²) in [4.78, 5) is 7.06. The van der Waals surface area contributed by atoms with Gasteiger partial charge in [-0.1, -0.05) is 6.07 Å². The Kier molecular flexibility index (Phi) is 4.72. The summed E-state index contributed by atoms with van der Waals surface area (Å²) < 4.78 is 55.7. The molecule has 23 heavy (non-hydrogen) atoms. The fourth-order valence-corrected chi connectivity index (χ4v) is 1.78. The number of alkyl halides is 3. The third-order valence-corrected chi connectivity index (χ3v) is 2.82. The van der Waals surface area contributed by atoms with Gasteiger partial charge in [-0.3, -0.25) is 0 Å². The van der Waals surface area contributed by atoms with Crippen LogP contribution in [-0.2, 0) is 6.18 Å². The smallest absolute Gasteiger partial charge is 0.419 e. The van der Waals surface area contributed by atoms with Gasteiger partial charge in [0.05, 0.1) is 11.1 Å². The molecule has 1 aromatic carbocycles. The van der Waals surface area contributed by atoms with E-state index in [0.29, 0.717) is 18.1 Å². The molecule has 4 nitrogen and oxygen atoms in total. The zero-order valence-corrected chi connectivity index (χ0v) is 12.5. The van der Waals surface area contributed by atoms with E-state index < -0.39 is 17.3 Å². The van der Waals surface area contributed by atoms with Gasteiger partial charge in [0, 0.05) is 18.1 Å². The molecule has 0 fully saturated rings. The molecule has 0 radical (unpaired) electrons. The molecule has 2 aromatic rings. The van der Waals surface area contributed by atoms with Crippen LogP contribution in [-0.4, -0.2) is 22.1 Å². The zero-order valence-electron chi connectivity index (χ0n) is 12.5. The quantitative estimate of drug-likeness (QED) is 0.845. The lowest BCUT2D eigenvalue weighted by Gasteiger charge is -2.27. The number of hydrogen-bond acceptors (Lipinski definition) is 4. The van der Waals surface area contributed by atoms with Crippen molar-refractivity contribution in [2.75, 3.05) is 11.9 Å². The molecule has 0 atom stereocenters. The van der Waals surface area contributed by atoms with E-state index in [1.165, 1.54) is 12.1 Å². The Bertz CT molecular complexity index is 657. The van der Waals surface area contributed by atoms with Gasteiger partial charge < -0.3 is 10.1 Å². The van der Waals surface area contributed by atoms with Crippen molar-refractivity contribution in [3.8, 4) is 6.01 Å². The number of ether oxygens (including phenoxy) is 1. The van der Waals surface area contributed by atoms with E-state index in [2.05, 4.69) is 15.3 Å². The van der Waals surface area contributed by atoms with E-state index in [-0.39, 0.29) is 18.4 Å². The molecule has 0 aliphatic carbocycles. The highest BCUT2D eigenvalue weighted by Crippen LogP contribution is 2.28. The summed E-state index contributed by atoms with van der Waals surface area (Å²) in [6.07, 6.45) is -3.17. The van der Waals surface area contributed by atoms with Crippen molar-refractivity contribution >= 4 is 5.69 Å². The zero-order chi connectivity index (χ0) is 17.1. The SMILES string of the molecule is CC(C)(COc1ncc(C(F)(F)F)cn1)Nc1cccc(F)c1. The van der Waals surface area contributed by atoms with E-state index in [0.717, 1.165) is 0 Å².